The molecule has 2 saturated heterocycles. The molecule has 2 heterocycles. The van der Waals surface area contributed by atoms with Crippen LogP contribution in [0, 0.1) is 0 Å². The molecular weight excluding hydrogens is 332 g/mol. The Morgan fingerprint density at radius 3 is 1.62 bits per heavy atom. The molecule has 2 rings (SSSR count). The predicted molar refractivity (Wildman–Crippen MR) is 103 cm³/mol. The van der Waals surface area contributed by atoms with E-state index in [1.165, 1.54) is 0 Å². The summed E-state index contributed by atoms with van der Waals surface area (Å²) in [6.45, 7) is 12.4. The quantitative estimate of drug-likeness (QED) is 0.756. The fourth-order valence-corrected chi connectivity index (χ4v) is 3.88. The number of carboxylic acids is 1. The molecule has 150 valence electrons. The Morgan fingerprint density at radius 2 is 1.15 bits per heavy atom. The van der Waals surface area contributed by atoms with E-state index in [1.807, 2.05) is 6.92 Å². The molecule has 26 heavy (non-hydrogen) atoms. The molecular formula is C19H36N4O3. The number of hydrogen-bond donors (Lipinski definition) is 1. The summed E-state index contributed by atoms with van der Waals surface area (Å²) in [5, 5.41) is 9.15. The molecule has 0 saturated carbocycles. The number of ketones is 1. The Labute approximate surface area is 157 Å². The van der Waals surface area contributed by atoms with Crippen molar-refractivity contribution in [2.24, 2.45) is 0 Å². The van der Waals surface area contributed by atoms with Crippen LogP contribution in [0.4, 0.5) is 0 Å². The molecule has 7 nitrogen and oxygen atoms in total. The monoisotopic (exact) mass is 368 g/mol. The first-order chi connectivity index (χ1) is 12.6. The number of carboxylic acid groups (broad SMARTS) is 1. The van der Waals surface area contributed by atoms with Crippen molar-refractivity contribution < 1.29 is 14.7 Å². The minimum Gasteiger partial charge on any atom is -0.480 e. The van der Waals surface area contributed by atoms with Gasteiger partial charge in [-0.15, -0.1) is 0 Å². The average molecular weight is 369 g/mol. The Hall–Kier alpha value is -1.02. The smallest absolute Gasteiger partial charge is 0.317 e. The summed E-state index contributed by atoms with van der Waals surface area (Å²) in [6.07, 6.45) is 3.84. The Balaban J connectivity index is 2.00. The number of carbonyl (C=O) groups excluding carboxylic acids is 1. The van der Waals surface area contributed by atoms with E-state index < -0.39 is 5.97 Å². The van der Waals surface area contributed by atoms with E-state index in [-0.39, 0.29) is 6.54 Å². The van der Waals surface area contributed by atoms with Gasteiger partial charge in [-0.1, -0.05) is 6.92 Å². The summed E-state index contributed by atoms with van der Waals surface area (Å²) >= 11 is 0. The van der Waals surface area contributed by atoms with Gasteiger partial charge in [0.2, 0.25) is 0 Å². The lowest BCUT2D eigenvalue weighted by Crippen LogP contribution is -2.41. The SMILES string of the molecule is CCC(=O)CN1CCCN2CCCN(CCCN(CC(=O)O)CC2)CC1. The Morgan fingerprint density at radius 1 is 0.692 bits per heavy atom. The zero-order valence-electron chi connectivity index (χ0n) is 16.4. The summed E-state index contributed by atoms with van der Waals surface area (Å²) in [4.78, 5) is 32.4. The van der Waals surface area contributed by atoms with Crippen LogP contribution < -0.4 is 0 Å². The van der Waals surface area contributed by atoms with Crippen LogP contribution in [0.15, 0.2) is 0 Å². The van der Waals surface area contributed by atoms with E-state index in [0.717, 1.165) is 84.7 Å². The maximum Gasteiger partial charge on any atom is 0.317 e. The highest BCUT2D eigenvalue weighted by Crippen LogP contribution is 2.07. The number of carbonyl (C=O) groups is 2. The van der Waals surface area contributed by atoms with E-state index in [4.69, 9.17) is 5.11 Å². The van der Waals surface area contributed by atoms with Gasteiger partial charge in [0, 0.05) is 39.1 Å². The summed E-state index contributed by atoms with van der Waals surface area (Å²) in [5.41, 5.74) is 0. The third-order valence-electron chi connectivity index (χ3n) is 5.46. The second-order valence-corrected chi connectivity index (χ2v) is 7.58. The first-order valence-corrected chi connectivity index (χ1v) is 10.2. The van der Waals surface area contributed by atoms with E-state index in [0.29, 0.717) is 18.7 Å². The summed E-state index contributed by atoms with van der Waals surface area (Å²) in [5.74, 6) is -0.408. The van der Waals surface area contributed by atoms with E-state index in [1.54, 1.807) is 0 Å². The van der Waals surface area contributed by atoms with Crippen LogP contribution in [0.5, 0.6) is 0 Å². The van der Waals surface area contributed by atoms with Crippen molar-refractivity contribution in [3.05, 3.63) is 0 Å². The molecule has 2 aliphatic rings. The van der Waals surface area contributed by atoms with Gasteiger partial charge >= 0.3 is 5.97 Å². The number of Topliss-reactive ketones (excluding diaryl/α,β-unsaturated/α-hetero) is 1. The van der Waals surface area contributed by atoms with Crippen LogP contribution >= 0.6 is 0 Å². The van der Waals surface area contributed by atoms with Crippen molar-refractivity contribution in [3.8, 4) is 0 Å². The second kappa shape index (κ2) is 11.6. The van der Waals surface area contributed by atoms with Crippen molar-refractivity contribution >= 4 is 11.8 Å². The lowest BCUT2D eigenvalue weighted by atomic mass is 10.2. The van der Waals surface area contributed by atoms with Crippen molar-refractivity contribution in [1.82, 2.24) is 19.6 Å². The van der Waals surface area contributed by atoms with Crippen LogP contribution in [0.3, 0.4) is 0 Å². The molecule has 0 aromatic heterocycles. The fraction of sp³-hybridized carbons (Fsp3) is 0.895. The summed E-state index contributed by atoms with van der Waals surface area (Å²) < 4.78 is 0. The first-order valence-electron chi connectivity index (χ1n) is 10.2. The lowest BCUT2D eigenvalue weighted by molar-refractivity contribution is -0.138. The van der Waals surface area contributed by atoms with E-state index in [2.05, 4.69) is 19.6 Å². The van der Waals surface area contributed by atoms with Crippen LogP contribution in [0.25, 0.3) is 0 Å². The van der Waals surface area contributed by atoms with Gasteiger partial charge in [-0.25, -0.2) is 0 Å². The minimum absolute atomic E-state index is 0.140. The Kier molecular flexibility index (Phi) is 9.53. The number of rotatable bonds is 5. The van der Waals surface area contributed by atoms with Gasteiger partial charge in [-0.3, -0.25) is 19.4 Å². The molecule has 0 aliphatic carbocycles. The van der Waals surface area contributed by atoms with Crippen molar-refractivity contribution in [2.75, 3.05) is 78.5 Å². The number of fused-ring (bicyclic) bond motifs is 4. The Bertz CT molecular complexity index is 447. The average Bonchev–Trinajstić information content (AvgIpc) is 2.67. The molecule has 7 heteroatoms. The molecule has 2 aliphatic heterocycles. The first kappa shape index (κ1) is 21.3. The van der Waals surface area contributed by atoms with E-state index >= 15 is 0 Å². The molecule has 0 aromatic rings. The molecule has 0 aromatic carbocycles. The topological polar surface area (TPSA) is 67.3 Å². The minimum atomic E-state index is -0.736. The zero-order chi connectivity index (χ0) is 18.8. The number of nitrogens with zero attached hydrogens (tertiary/aromatic N) is 4. The highest BCUT2D eigenvalue weighted by molar-refractivity contribution is 5.80. The van der Waals surface area contributed by atoms with Gasteiger partial charge in [-0.05, 0) is 52.0 Å². The van der Waals surface area contributed by atoms with Gasteiger partial charge in [0.1, 0.15) is 5.78 Å². The molecule has 2 atom stereocenters. The maximum absolute atomic E-state index is 11.9. The lowest BCUT2D eigenvalue weighted by Gasteiger charge is -2.29. The van der Waals surface area contributed by atoms with Crippen LogP contribution in [0.2, 0.25) is 0 Å². The van der Waals surface area contributed by atoms with Crippen LogP contribution in [-0.2, 0) is 9.59 Å². The maximum atomic E-state index is 11.9. The fourth-order valence-electron chi connectivity index (χ4n) is 3.88. The molecule has 1 N–H and O–H groups in total. The van der Waals surface area contributed by atoms with E-state index in [9.17, 15) is 9.59 Å². The van der Waals surface area contributed by atoms with Crippen LogP contribution in [0.1, 0.15) is 32.6 Å². The molecule has 0 radical (unpaired) electrons. The van der Waals surface area contributed by atoms with Gasteiger partial charge in [0.05, 0.1) is 13.1 Å². The number of hydrogen-bond acceptors (Lipinski definition) is 6. The third kappa shape index (κ3) is 8.12. The zero-order valence-corrected chi connectivity index (χ0v) is 16.4. The van der Waals surface area contributed by atoms with Gasteiger partial charge < -0.3 is 14.9 Å². The molecule has 2 bridgehead atoms. The molecule has 2 unspecified atom stereocenters. The molecule has 0 spiro atoms. The molecule has 0 amide bonds. The second-order valence-electron chi connectivity index (χ2n) is 7.58. The largest absolute Gasteiger partial charge is 0.480 e. The molecule has 2 fully saturated rings. The van der Waals surface area contributed by atoms with Crippen LogP contribution in [-0.4, -0.2) is 115 Å². The third-order valence-corrected chi connectivity index (χ3v) is 5.46. The standard InChI is InChI=1S/C19H36N4O3/c1-2-18(24)16-22-10-4-8-21-7-3-6-20(12-14-22)9-5-11-23(15-13-21)17-19(25)26/h2-17H2,1H3,(H,25,26). The predicted octanol–water partition coefficient (Wildman–Crippen LogP) is 0.456. The van der Waals surface area contributed by atoms with Crippen molar-refractivity contribution in [3.63, 3.8) is 0 Å². The number of aliphatic carboxylic acids is 1. The van der Waals surface area contributed by atoms with Gasteiger partial charge in [-0.2, -0.15) is 0 Å². The van der Waals surface area contributed by atoms with Crippen molar-refractivity contribution in [1.29, 1.82) is 0 Å². The summed E-state index contributed by atoms with van der Waals surface area (Å²) in [6, 6.07) is 0. The van der Waals surface area contributed by atoms with Gasteiger partial charge in [0.25, 0.3) is 0 Å². The normalized spacial score (nSPS) is 27.6. The highest BCUT2D eigenvalue weighted by atomic mass is 16.4. The highest BCUT2D eigenvalue weighted by Gasteiger charge is 2.18. The van der Waals surface area contributed by atoms with Gasteiger partial charge in [0.15, 0.2) is 0 Å². The summed E-state index contributed by atoms with van der Waals surface area (Å²) in [7, 11) is 0. The van der Waals surface area contributed by atoms with Crippen molar-refractivity contribution in [2.45, 2.75) is 32.6 Å².